The fourth-order valence-corrected chi connectivity index (χ4v) is 7.99. The Bertz CT molecular complexity index is 3170. The second kappa shape index (κ2) is 12.8. The van der Waals surface area contributed by atoms with E-state index in [1.807, 2.05) is 30.5 Å². The van der Waals surface area contributed by atoms with Gasteiger partial charge in [-0.2, -0.15) is 0 Å². The molecule has 0 amide bonds. The standard InChI is InChI=1S/C51H34N2O/c1-3-5-13-32(4-2)36-24-27-41-45(28-36)44-29-37(33-14-7-6-8-15-33)25-26-40(44)49-50(41)53-46(31-52-49)35-22-20-34(21-23-35)43-30-38-16-9-10-17-39(38)48-42-18-11-12-19-47(42)54-51(43)48/h3-31H,1H2,2H3/b13-5-,32-4+. The number of furan rings is 1. The summed E-state index contributed by atoms with van der Waals surface area (Å²) in [5.41, 5.74) is 12.2. The number of benzene rings is 8. The van der Waals surface area contributed by atoms with Crippen molar-refractivity contribution in [2.75, 3.05) is 0 Å². The molecule has 10 rings (SSSR count). The first-order valence-corrected chi connectivity index (χ1v) is 18.3. The van der Waals surface area contributed by atoms with E-state index in [0.717, 1.165) is 88.0 Å². The lowest BCUT2D eigenvalue weighted by Gasteiger charge is -2.14. The van der Waals surface area contributed by atoms with Crippen LogP contribution in [-0.4, -0.2) is 9.97 Å². The van der Waals surface area contributed by atoms with E-state index in [9.17, 15) is 0 Å². The maximum absolute atomic E-state index is 6.53. The van der Waals surface area contributed by atoms with Gasteiger partial charge in [-0.15, -0.1) is 0 Å². The Labute approximate surface area is 312 Å². The highest BCUT2D eigenvalue weighted by molar-refractivity contribution is 6.25. The van der Waals surface area contributed by atoms with Crippen LogP contribution in [0.1, 0.15) is 12.5 Å². The van der Waals surface area contributed by atoms with Crippen LogP contribution < -0.4 is 0 Å². The van der Waals surface area contributed by atoms with Crippen LogP contribution in [0.2, 0.25) is 0 Å². The van der Waals surface area contributed by atoms with E-state index < -0.39 is 0 Å². The topological polar surface area (TPSA) is 38.9 Å². The highest BCUT2D eigenvalue weighted by Crippen LogP contribution is 2.42. The number of aromatic nitrogens is 2. The van der Waals surface area contributed by atoms with Gasteiger partial charge in [-0.3, -0.25) is 4.98 Å². The maximum atomic E-state index is 6.53. The first-order chi connectivity index (χ1) is 26.7. The van der Waals surface area contributed by atoms with Gasteiger partial charge in [0, 0.05) is 32.7 Å². The molecular weight excluding hydrogens is 657 g/mol. The van der Waals surface area contributed by atoms with Crippen molar-refractivity contribution in [1.29, 1.82) is 0 Å². The molecule has 2 aromatic heterocycles. The Kier molecular flexibility index (Phi) is 7.52. The largest absolute Gasteiger partial charge is 0.455 e. The van der Waals surface area contributed by atoms with Crippen LogP contribution in [-0.2, 0) is 0 Å². The van der Waals surface area contributed by atoms with Gasteiger partial charge in [0.15, 0.2) is 0 Å². The first-order valence-electron chi connectivity index (χ1n) is 18.3. The summed E-state index contributed by atoms with van der Waals surface area (Å²) in [7, 11) is 0. The van der Waals surface area contributed by atoms with Gasteiger partial charge >= 0.3 is 0 Å². The molecule has 0 saturated heterocycles. The van der Waals surface area contributed by atoms with Crippen LogP contribution in [0.25, 0.3) is 104 Å². The quantitative estimate of drug-likeness (QED) is 0.129. The summed E-state index contributed by atoms with van der Waals surface area (Å²) < 4.78 is 6.53. The normalized spacial score (nSPS) is 12.3. The third-order valence-electron chi connectivity index (χ3n) is 10.6. The second-order valence-corrected chi connectivity index (χ2v) is 13.7. The zero-order valence-corrected chi connectivity index (χ0v) is 29.8. The summed E-state index contributed by atoms with van der Waals surface area (Å²) in [6, 6.07) is 51.6. The predicted octanol–water partition coefficient (Wildman–Crippen LogP) is 14.1. The first kappa shape index (κ1) is 31.6. The van der Waals surface area contributed by atoms with Crippen molar-refractivity contribution < 1.29 is 4.42 Å². The molecule has 0 unspecified atom stereocenters. The molecule has 0 spiro atoms. The lowest BCUT2D eigenvalue weighted by Crippen LogP contribution is -1.94. The summed E-state index contributed by atoms with van der Waals surface area (Å²) in [4.78, 5) is 10.5. The van der Waals surface area contributed by atoms with Crippen LogP contribution in [0.3, 0.4) is 0 Å². The van der Waals surface area contributed by atoms with E-state index in [1.54, 1.807) is 0 Å². The number of hydrogen-bond donors (Lipinski definition) is 0. The van der Waals surface area contributed by atoms with Crippen molar-refractivity contribution in [1.82, 2.24) is 9.97 Å². The summed E-state index contributed by atoms with van der Waals surface area (Å²) in [6.07, 6.45) is 9.94. The van der Waals surface area contributed by atoms with E-state index >= 15 is 0 Å². The Morgan fingerprint density at radius 3 is 2.13 bits per heavy atom. The second-order valence-electron chi connectivity index (χ2n) is 13.7. The summed E-state index contributed by atoms with van der Waals surface area (Å²) >= 11 is 0. The number of rotatable bonds is 6. The molecule has 0 saturated carbocycles. The van der Waals surface area contributed by atoms with E-state index in [0.29, 0.717) is 0 Å². The average molecular weight is 691 g/mol. The number of nitrogens with zero attached hydrogens (tertiary/aromatic N) is 2. The smallest absolute Gasteiger partial charge is 0.143 e. The molecule has 0 aliphatic rings. The van der Waals surface area contributed by atoms with Gasteiger partial charge in [0.2, 0.25) is 0 Å². The van der Waals surface area contributed by atoms with Crippen LogP contribution in [0.15, 0.2) is 187 Å². The molecule has 0 fully saturated rings. The highest BCUT2D eigenvalue weighted by atomic mass is 16.3. The van der Waals surface area contributed by atoms with Crippen molar-refractivity contribution in [2.45, 2.75) is 6.92 Å². The third-order valence-corrected chi connectivity index (χ3v) is 10.6. The van der Waals surface area contributed by atoms with Crippen LogP contribution in [0.4, 0.5) is 0 Å². The molecular formula is C51H34N2O. The van der Waals surface area contributed by atoms with Crippen LogP contribution in [0, 0.1) is 0 Å². The minimum absolute atomic E-state index is 0.829. The molecule has 8 aromatic carbocycles. The summed E-state index contributed by atoms with van der Waals surface area (Å²) in [5, 5.41) is 9.12. The monoisotopic (exact) mass is 690 g/mol. The fraction of sp³-hybridized carbons (Fsp3) is 0.0196. The van der Waals surface area contributed by atoms with Crippen molar-refractivity contribution >= 4 is 70.9 Å². The predicted molar refractivity (Wildman–Crippen MR) is 229 cm³/mol. The van der Waals surface area contributed by atoms with Crippen LogP contribution in [0.5, 0.6) is 0 Å². The molecule has 0 N–H and O–H groups in total. The molecule has 0 radical (unpaired) electrons. The molecule has 54 heavy (non-hydrogen) atoms. The van der Waals surface area contributed by atoms with Gasteiger partial charge in [0.1, 0.15) is 11.2 Å². The molecule has 10 aromatic rings. The molecule has 0 aliphatic heterocycles. The number of hydrogen-bond acceptors (Lipinski definition) is 3. The summed E-state index contributed by atoms with van der Waals surface area (Å²) in [6.45, 7) is 5.95. The zero-order valence-electron chi connectivity index (χ0n) is 29.8. The Hall–Kier alpha value is -7.10. The van der Waals surface area contributed by atoms with Crippen molar-refractivity contribution in [3.8, 4) is 33.5 Å². The average Bonchev–Trinajstić information content (AvgIpc) is 3.64. The lowest BCUT2D eigenvalue weighted by molar-refractivity contribution is 0.670. The fourth-order valence-electron chi connectivity index (χ4n) is 7.99. The van der Waals surface area contributed by atoms with Gasteiger partial charge in [0.25, 0.3) is 0 Å². The zero-order chi connectivity index (χ0) is 36.2. The Balaban J connectivity index is 1.13. The Morgan fingerprint density at radius 2 is 1.30 bits per heavy atom. The van der Waals surface area contributed by atoms with E-state index in [-0.39, 0.29) is 0 Å². The van der Waals surface area contributed by atoms with Gasteiger partial charge in [0.05, 0.1) is 22.9 Å². The van der Waals surface area contributed by atoms with Crippen molar-refractivity contribution in [3.63, 3.8) is 0 Å². The summed E-state index contributed by atoms with van der Waals surface area (Å²) in [5.74, 6) is 0. The van der Waals surface area contributed by atoms with Gasteiger partial charge < -0.3 is 4.42 Å². The minimum Gasteiger partial charge on any atom is -0.455 e. The van der Waals surface area contributed by atoms with Crippen molar-refractivity contribution in [2.24, 2.45) is 0 Å². The number of para-hydroxylation sites is 1. The molecule has 0 aliphatic carbocycles. The maximum Gasteiger partial charge on any atom is 0.143 e. The van der Waals surface area contributed by atoms with Gasteiger partial charge in [-0.05, 0) is 80.6 Å². The van der Waals surface area contributed by atoms with Gasteiger partial charge in [-0.25, -0.2) is 4.98 Å². The molecule has 254 valence electrons. The molecule has 3 heteroatoms. The number of fused-ring (bicyclic) bond motifs is 11. The molecule has 2 heterocycles. The lowest BCUT2D eigenvalue weighted by atomic mass is 9.93. The van der Waals surface area contributed by atoms with E-state index in [4.69, 9.17) is 14.4 Å². The van der Waals surface area contributed by atoms with Gasteiger partial charge in [-0.1, -0.05) is 152 Å². The Morgan fingerprint density at radius 1 is 0.593 bits per heavy atom. The van der Waals surface area contributed by atoms with Crippen LogP contribution >= 0.6 is 0 Å². The SMILES string of the molecule is C=C/C=C\C(=C/C)c1ccc2c(c1)c1cc(-c3ccccc3)ccc1c1ncc(-c3ccc(-c4cc5ccccc5c5c4oc4ccccc45)cc3)nc21. The van der Waals surface area contributed by atoms with Crippen molar-refractivity contribution in [3.05, 3.63) is 188 Å². The molecule has 3 nitrogen and oxygen atoms in total. The minimum atomic E-state index is 0.829. The third kappa shape index (κ3) is 5.13. The van der Waals surface area contributed by atoms with E-state index in [2.05, 4.69) is 159 Å². The highest BCUT2D eigenvalue weighted by Gasteiger charge is 2.18. The number of allylic oxidation sites excluding steroid dienone is 5. The van der Waals surface area contributed by atoms with E-state index in [1.165, 1.54) is 21.9 Å². The molecule has 0 atom stereocenters. The molecule has 0 bridgehead atoms.